The van der Waals surface area contributed by atoms with Crippen molar-refractivity contribution in [1.82, 2.24) is 10.9 Å². The lowest BCUT2D eigenvalue weighted by Gasteiger charge is -2.31. The summed E-state index contributed by atoms with van der Waals surface area (Å²) in [6.07, 6.45) is 1.10. The Morgan fingerprint density at radius 3 is 1.31 bits per heavy atom. The molecule has 0 aliphatic carbocycles. The molecule has 2 N–H and O–H groups in total. The van der Waals surface area contributed by atoms with Crippen LogP contribution in [0.2, 0.25) is 0 Å². The van der Waals surface area contributed by atoms with Crippen molar-refractivity contribution in [1.29, 1.82) is 0 Å². The van der Waals surface area contributed by atoms with Crippen LogP contribution in [0.4, 0.5) is 11.4 Å². The molecule has 16 heteroatoms. The molecule has 4 aromatic carbocycles. The summed E-state index contributed by atoms with van der Waals surface area (Å²) in [7, 11) is 0. The molecule has 4 aromatic rings. The Kier molecular flexibility index (Phi) is 10.7. The van der Waals surface area contributed by atoms with E-state index in [1.807, 2.05) is 0 Å². The zero-order valence-electron chi connectivity index (χ0n) is 24.8. The number of nitrogens with one attached hydrogen (secondary N) is 2. The Hall–Kier alpha value is -6.52. The predicted octanol–water partition coefficient (Wildman–Crippen LogP) is 4.19. The Morgan fingerprint density at radius 1 is 0.625 bits per heavy atom. The second-order valence-corrected chi connectivity index (χ2v) is 9.86. The van der Waals surface area contributed by atoms with E-state index < -0.39 is 34.2 Å². The zero-order chi connectivity index (χ0) is 33.9. The number of nitrogens with zero attached hydrogens (tertiary/aromatic N) is 4. The first kappa shape index (κ1) is 32.9. The van der Waals surface area contributed by atoms with E-state index in [0.29, 0.717) is 35.8 Å². The van der Waals surface area contributed by atoms with Gasteiger partial charge < -0.3 is 18.9 Å². The van der Waals surface area contributed by atoms with E-state index in [1.54, 1.807) is 48.5 Å². The van der Waals surface area contributed by atoms with Crippen molar-refractivity contribution >= 4 is 35.6 Å². The highest BCUT2D eigenvalue weighted by Crippen LogP contribution is 2.22. The van der Waals surface area contributed by atoms with Crippen molar-refractivity contribution in [2.24, 2.45) is 10.2 Å². The number of non-ortho nitro benzene ring substituents is 2. The van der Waals surface area contributed by atoms with Gasteiger partial charge in [0.1, 0.15) is 11.5 Å². The smallest absolute Gasteiger partial charge is 0.271 e. The largest absolute Gasteiger partial charge is 0.458 e. The molecule has 244 valence electrons. The van der Waals surface area contributed by atoms with Crippen molar-refractivity contribution in [2.75, 3.05) is 13.2 Å². The summed E-state index contributed by atoms with van der Waals surface area (Å²) in [5.74, 6) is -0.105. The molecule has 48 heavy (non-hydrogen) atoms. The number of carbonyl (C=O) groups excluding carboxylic acids is 2. The van der Waals surface area contributed by atoms with E-state index in [0.717, 1.165) is 0 Å². The first-order valence-corrected chi connectivity index (χ1v) is 14.2. The highest BCUT2D eigenvalue weighted by atomic mass is 16.8. The summed E-state index contributed by atoms with van der Waals surface area (Å²) in [5.41, 5.74) is 6.27. The third-order valence-electron chi connectivity index (χ3n) is 6.57. The van der Waals surface area contributed by atoms with Crippen LogP contribution in [-0.4, -0.2) is 59.9 Å². The summed E-state index contributed by atoms with van der Waals surface area (Å²) in [6.45, 7) is 0.593. The van der Waals surface area contributed by atoms with Gasteiger partial charge in [0.2, 0.25) is 0 Å². The van der Waals surface area contributed by atoms with Crippen LogP contribution < -0.4 is 20.3 Å². The van der Waals surface area contributed by atoms with E-state index >= 15 is 0 Å². The minimum Gasteiger partial charge on any atom is -0.458 e. The molecule has 0 saturated carbocycles. The third kappa shape index (κ3) is 9.03. The van der Waals surface area contributed by atoms with E-state index in [1.165, 1.54) is 61.0 Å². The van der Waals surface area contributed by atoms with Gasteiger partial charge in [0.15, 0.2) is 0 Å². The minimum atomic E-state index is -0.880. The number of hydrogen-bond donors (Lipinski definition) is 2. The first-order valence-electron chi connectivity index (χ1n) is 14.2. The number of amides is 2. The van der Waals surface area contributed by atoms with Crippen LogP contribution in [0, 0.1) is 20.2 Å². The van der Waals surface area contributed by atoms with Crippen molar-refractivity contribution in [3.8, 4) is 11.5 Å². The lowest BCUT2D eigenvalue weighted by Crippen LogP contribution is -2.45. The van der Waals surface area contributed by atoms with E-state index in [4.69, 9.17) is 18.9 Å². The standard InChI is InChI=1S/C32H26N6O10/c39-29(23-5-9-25(10-6-23)37(41)42)35-33-19-21-1-13-27(14-2-21)47-31-32(46-18-17-45-31)48-28-15-3-22(4-16-28)20-34-36-30(40)24-7-11-26(12-8-24)38(43)44/h1-16,19-20,31-32H,17-18H2,(H,35,39)(H,36,40)/b33-19+,34-20+. The summed E-state index contributed by atoms with van der Waals surface area (Å²) < 4.78 is 23.3. The van der Waals surface area contributed by atoms with Gasteiger partial charge in [-0.2, -0.15) is 10.2 Å². The average molecular weight is 655 g/mol. The van der Waals surface area contributed by atoms with Crippen LogP contribution in [0.15, 0.2) is 107 Å². The molecule has 1 heterocycles. The monoisotopic (exact) mass is 654 g/mol. The van der Waals surface area contributed by atoms with Crippen molar-refractivity contribution in [3.63, 3.8) is 0 Å². The van der Waals surface area contributed by atoms with Gasteiger partial charge >= 0.3 is 0 Å². The van der Waals surface area contributed by atoms with E-state index in [-0.39, 0.29) is 22.5 Å². The van der Waals surface area contributed by atoms with Crippen molar-refractivity contribution in [2.45, 2.75) is 12.6 Å². The molecule has 0 radical (unpaired) electrons. The number of benzene rings is 4. The highest BCUT2D eigenvalue weighted by Gasteiger charge is 2.31. The maximum Gasteiger partial charge on any atom is 0.271 e. The Morgan fingerprint density at radius 2 is 0.979 bits per heavy atom. The summed E-state index contributed by atoms with van der Waals surface area (Å²) >= 11 is 0. The first-order chi connectivity index (χ1) is 23.2. The third-order valence-corrected chi connectivity index (χ3v) is 6.57. The quantitative estimate of drug-likeness (QED) is 0.127. The molecule has 5 rings (SSSR count). The van der Waals surface area contributed by atoms with E-state index in [2.05, 4.69) is 21.1 Å². The van der Waals surface area contributed by atoms with Crippen molar-refractivity contribution < 1.29 is 38.4 Å². The minimum absolute atomic E-state index is 0.119. The fourth-order valence-corrected chi connectivity index (χ4v) is 4.13. The molecule has 16 nitrogen and oxygen atoms in total. The van der Waals surface area contributed by atoms with Gasteiger partial charge in [-0.25, -0.2) is 10.9 Å². The molecule has 0 aromatic heterocycles. The van der Waals surface area contributed by atoms with Crippen LogP contribution in [0.5, 0.6) is 11.5 Å². The average Bonchev–Trinajstić information content (AvgIpc) is 3.10. The van der Waals surface area contributed by atoms with Gasteiger partial charge in [0, 0.05) is 35.4 Å². The number of hydrogen-bond acceptors (Lipinski definition) is 12. The summed E-state index contributed by atoms with van der Waals surface area (Å²) in [6, 6.07) is 23.9. The maximum absolute atomic E-state index is 12.2. The molecule has 2 atom stereocenters. The number of carbonyl (C=O) groups is 2. The maximum atomic E-state index is 12.2. The van der Waals surface area contributed by atoms with Crippen LogP contribution in [0.3, 0.4) is 0 Å². The fourth-order valence-electron chi connectivity index (χ4n) is 4.13. The van der Waals surface area contributed by atoms with Gasteiger partial charge in [-0.05, 0) is 83.9 Å². The lowest BCUT2D eigenvalue weighted by molar-refractivity contribution is -0.385. The van der Waals surface area contributed by atoms with Crippen LogP contribution in [-0.2, 0) is 9.47 Å². The molecule has 1 saturated heterocycles. The zero-order valence-corrected chi connectivity index (χ0v) is 24.8. The van der Waals surface area contributed by atoms with Crippen molar-refractivity contribution in [3.05, 3.63) is 140 Å². The molecular formula is C32H26N6O10. The molecule has 1 aliphatic rings. The van der Waals surface area contributed by atoms with Crippen LogP contribution >= 0.6 is 0 Å². The van der Waals surface area contributed by atoms with Gasteiger partial charge in [-0.3, -0.25) is 29.8 Å². The van der Waals surface area contributed by atoms with Gasteiger partial charge in [-0.1, -0.05) is 0 Å². The number of nitro groups is 2. The Bertz CT molecular complexity index is 1680. The molecule has 1 fully saturated rings. The molecule has 0 bridgehead atoms. The number of ether oxygens (including phenoxy) is 4. The normalized spacial score (nSPS) is 15.9. The fraction of sp³-hybridized carbons (Fsp3) is 0.125. The second kappa shape index (κ2) is 15.7. The molecule has 0 spiro atoms. The molecular weight excluding hydrogens is 628 g/mol. The number of hydrazone groups is 2. The second-order valence-electron chi connectivity index (χ2n) is 9.86. The molecule has 1 aliphatic heterocycles. The molecule has 2 unspecified atom stereocenters. The summed E-state index contributed by atoms with van der Waals surface area (Å²) in [5, 5.41) is 29.4. The van der Waals surface area contributed by atoms with Gasteiger partial charge in [0.05, 0.1) is 35.5 Å². The molecule has 2 amide bonds. The Labute approximate surface area is 271 Å². The van der Waals surface area contributed by atoms with Gasteiger partial charge in [-0.15, -0.1) is 0 Å². The lowest BCUT2D eigenvalue weighted by atomic mass is 10.2. The number of nitro benzene ring substituents is 2. The SMILES string of the molecule is O=C(N/N=C/c1ccc(OC2OCCOC2Oc2ccc(/C=N/NC(=O)c3ccc([N+](=O)[O-])cc3)cc2)cc1)c1ccc([N+](=O)[O-])cc1. The van der Waals surface area contributed by atoms with E-state index in [9.17, 15) is 29.8 Å². The highest BCUT2D eigenvalue weighted by molar-refractivity contribution is 5.95. The Balaban J connectivity index is 1.10. The van der Waals surface area contributed by atoms with Crippen LogP contribution in [0.25, 0.3) is 0 Å². The van der Waals surface area contributed by atoms with Gasteiger partial charge in [0.25, 0.3) is 35.8 Å². The van der Waals surface area contributed by atoms with Crippen LogP contribution in [0.1, 0.15) is 31.8 Å². The number of rotatable bonds is 12. The topological polar surface area (TPSA) is 206 Å². The predicted molar refractivity (Wildman–Crippen MR) is 170 cm³/mol. The summed E-state index contributed by atoms with van der Waals surface area (Å²) in [4.78, 5) is 44.9.